The number of fused-ring (bicyclic) bond motifs is 1. The molecule has 1 N–H and O–H groups in total. The lowest BCUT2D eigenvalue weighted by molar-refractivity contribution is -0.122. The number of hydrogen-bond acceptors (Lipinski definition) is 4. The average molecular weight is 346 g/mol. The van der Waals surface area contributed by atoms with E-state index in [9.17, 15) is 13.2 Å². The Bertz CT molecular complexity index is 853. The van der Waals surface area contributed by atoms with Gasteiger partial charge in [0.15, 0.2) is 6.10 Å². The molecule has 6 nitrogen and oxygen atoms in total. The molecule has 7 heteroatoms. The van der Waals surface area contributed by atoms with E-state index in [0.717, 1.165) is 9.87 Å². The van der Waals surface area contributed by atoms with Crippen molar-refractivity contribution in [2.24, 2.45) is 0 Å². The molecule has 0 saturated heterocycles. The molecule has 0 saturated carbocycles. The first kappa shape index (κ1) is 16.5. The van der Waals surface area contributed by atoms with Gasteiger partial charge in [0.1, 0.15) is 5.75 Å². The molecule has 3 rings (SSSR count). The van der Waals surface area contributed by atoms with E-state index >= 15 is 0 Å². The summed E-state index contributed by atoms with van der Waals surface area (Å²) >= 11 is 0. The number of carbonyl (C=O) groups is 1. The van der Waals surface area contributed by atoms with Crippen molar-refractivity contribution >= 4 is 21.6 Å². The molecule has 0 bridgehead atoms. The van der Waals surface area contributed by atoms with Crippen molar-refractivity contribution in [3.63, 3.8) is 0 Å². The van der Waals surface area contributed by atoms with Crippen LogP contribution in [0.1, 0.15) is 5.56 Å². The van der Waals surface area contributed by atoms with E-state index in [1.807, 2.05) is 24.3 Å². The van der Waals surface area contributed by atoms with Crippen LogP contribution in [0.15, 0.2) is 53.4 Å². The van der Waals surface area contributed by atoms with Crippen LogP contribution in [0.2, 0.25) is 0 Å². The first-order chi connectivity index (χ1) is 11.4. The Labute approximate surface area is 141 Å². The summed E-state index contributed by atoms with van der Waals surface area (Å²) in [6, 6.07) is 13.7. The molecule has 2 aromatic rings. The third-order valence-electron chi connectivity index (χ3n) is 3.82. The highest BCUT2D eigenvalue weighted by atomic mass is 32.2. The van der Waals surface area contributed by atoms with Gasteiger partial charge in [-0.2, -0.15) is 0 Å². The van der Waals surface area contributed by atoms with Crippen LogP contribution in [0.3, 0.4) is 0 Å². The van der Waals surface area contributed by atoms with Crippen LogP contribution in [0.5, 0.6) is 5.75 Å². The molecular weight excluding hydrogens is 328 g/mol. The predicted molar refractivity (Wildman–Crippen MR) is 90.5 cm³/mol. The minimum atomic E-state index is -3.55. The van der Waals surface area contributed by atoms with Crippen LogP contribution in [0, 0.1) is 0 Å². The summed E-state index contributed by atoms with van der Waals surface area (Å²) in [6.07, 6.45) is -0.117. The number of amides is 1. The quantitative estimate of drug-likeness (QED) is 0.917. The standard InChI is InChI=1S/C17H18N2O4S/c1-19(2)24(21,22)14-8-5-7-13(11-14)18-17(20)16-10-12-6-3-4-9-15(12)23-16/h3-9,11,16H,10H2,1-2H3,(H,18,20)/t16-/m0/s1. The molecule has 0 unspecified atom stereocenters. The van der Waals surface area contributed by atoms with Crippen LogP contribution in [-0.4, -0.2) is 38.8 Å². The number of para-hydroxylation sites is 1. The molecule has 2 aromatic carbocycles. The number of hydrogen-bond donors (Lipinski definition) is 1. The van der Waals surface area contributed by atoms with Crippen molar-refractivity contribution in [2.45, 2.75) is 17.4 Å². The van der Waals surface area contributed by atoms with E-state index in [1.165, 1.54) is 26.2 Å². The van der Waals surface area contributed by atoms with Crippen molar-refractivity contribution < 1.29 is 17.9 Å². The van der Waals surface area contributed by atoms with Gasteiger partial charge in [-0.3, -0.25) is 4.79 Å². The summed E-state index contributed by atoms with van der Waals surface area (Å²) in [7, 11) is -0.622. The topological polar surface area (TPSA) is 75.7 Å². The first-order valence-corrected chi connectivity index (χ1v) is 8.90. The minimum Gasteiger partial charge on any atom is -0.480 e. The van der Waals surface area contributed by atoms with Crippen molar-refractivity contribution in [1.29, 1.82) is 0 Å². The van der Waals surface area contributed by atoms with E-state index in [4.69, 9.17) is 4.74 Å². The lowest BCUT2D eigenvalue weighted by atomic mass is 10.1. The fourth-order valence-electron chi connectivity index (χ4n) is 2.50. The maximum Gasteiger partial charge on any atom is 0.265 e. The smallest absolute Gasteiger partial charge is 0.265 e. The number of benzene rings is 2. The van der Waals surface area contributed by atoms with E-state index in [2.05, 4.69) is 5.32 Å². The number of anilines is 1. The van der Waals surface area contributed by atoms with Crippen molar-refractivity contribution in [3.8, 4) is 5.75 Å². The van der Waals surface area contributed by atoms with E-state index in [1.54, 1.807) is 12.1 Å². The molecule has 1 heterocycles. The predicted octanol–water partition coefficient (Wildman–Crippen LogP) is 1.88. The lowest BCUT2D eigenvalue weighted by Crippen LogP contribution is -2.31. The Balaban J connectivity index is 1.75. The normalized spacial score (nSPS) is 16.5. The zero-order valence-corrected chi connectivity index (χ0v) is 14.2. The first-order valence-electron chi connectivity index (χ1n) is 7.46. The van der Waals surface area contributed by atoms with Gasteiger partial charge in [-0.25, -0.2) is 12.7 Å². The van der Waals surface area contributed by atoms with E-state index < -0.39 is 16.1 Å². The van der Waals surface area contributed by atoms with Gasteiger partial charge in [-0.05, 0) is 29.8 Å². The summed E-state index contributed by atoms with van der Waals surface area (Å²) in [6.45, 7) is 0. The summed E-state index contributed by atoms with van der Waals surface area (Å²) in [4.78, 5) is 12.5. The largest absolute Gasteiger partial charge is 0.480 e. The van der Waals surface area contributed by atoms with Gasteiger partial charge in [-0.15, -0.1) is 0 Å². The minimum absolute atomic E-state index is 0.126. The number of sulfonamides is 1. The molecule has 1 aliphatic rings. The van der Waals surface area contributed by atoms with Gasteiger partial charge in [0.05, 0.1) is 4.90 Å². The van der Waals surface area contributed by atoms with Gasteiger partial charge in [0.25, 0.3) is 5.91 Å². The van der Waals surface area contributed by atoms with Gasteiger partial charge in [-0.1, -0.05) is 24.3 Å². The summed E-state index contributed by atoms with van der Waals surface area (Å²) in [5.41, 5.74) is 1.41. The van der Waals surface area contributed by atoms with Crippen LogP contribution < -0.4 is 10.1 Å². The molecule has 1 atom stereocenters. The molecule has 0 spiro atoms. The molecule has 0 fully saturated rings. The average Bonchev–Trinajstić information content (AvgIpc) is 2.99. The Morgan fingerprint density at radius 1 is 1.17 bits per heavy atom. The Hall–Kier alpha value is -2.38. The molecule has 0 aromatic heterocycles. The third-order valence-corrected chi connectivity index (χ3v) is 5.63. The van der Waals surface area contributed by atoms with Crippen molar-refractivity contribution in [2.75, 3.05) is 19.4 Å². The number of nitrogens with zero attached hydrogens (tertiary/aromatic N) is 1. The van der Waals surface area contributed by atoms with Crippen molar-refractivity contribution in [1.82, 2.24) is 4.31 Å². The molecule has 1 amide bonds. The fourth-order valence-corrected chi connectivity index (χ4v) is 3.44. The van der Waals surface area contributed by atoms with E-state index in [-0.39, 0.29) is 10.8 Å². The summed E-state index contributed by atoms with van der Waals surface area (Å²) in [5.74, 6) is 0.409. The molecule has 0 aliphatic carbocycles. The maximum absolute atomic E-state index is 12.4. The Morgan fingerprint density at radius 2 is 1.92 bits per heavy atom. The molecular formula is C17H18N2O4S. The SMILES string of the molecule is CN(C)S(=O)(=O)c1cccc(NC(=O)[C@@H]2Cc3ccccc3O2)c1. The molecule has 126 valence electrons. The van der Waals surface area contributed by atoms with Gasteiger partial charge >= 0.3 is 0 Å². The van der Waals surface area contributed by atoms with Crippen LogP contribution in [0.4, 0.5) is 5.69 Å². The highest BCUT2D eigenvalue weighted by Crippen LogP contribution is 2.28. The maximum atomic E-state index is 12.4. The zero-order chi connectivity index (χ0) is 17.3. The zero-order valence-electron chi connectivity index (χ0n) is 13.4. The fraction of sp³-hybridized carbons (Fsp3) is 0.235. The second-order valence-electron chi connectivity index (χ2n) is 5.72. The third kappa shape index (κ3) is 3.13. The van der Waals surface area contributed by atoms with Crippen molar-refractivity contribution in [3.05, 3.63) is 54.1 Å². The summed E-state index contributed by atoms with van der Waals surface area (Å²) in [5, 5.41) is 2.72. The van der Waals surface area contributed by atoms with Crippen LogP contribution in [0.25, 0.3) is 0 Å². The van der Waals surface area contributed by atoms with Gasteiger partial charge < -0.3 is 10.1 Å². The Morgan fingerprint density at radius 3 is 2.62 bits per heavy atom. The summed E-state index contributed by atoms with van der Waals surface area (Å²) < 4.78 is 31.1. The number of carbonyl (C=O) groups excluding carboxylic acids is 1. The van der Waals surface area contributed by atoms with Gasteiger partial charge in [0, 0.05) is 26.2 Å². The van der Waals surface area contributed by atoms with Crippen LogP contribution >= 0.6 is 0 Å². The highest BCUT2D eigenvalue weighted by molar-refractivity contribution is 7.89. The number of ether oxygens (including phenoxy) is 1. The highest BCUT2D eigenvalue weighted by Gasteiger charge is 2.29. The molecule has 24 heavy (non-hydrogen) atoms. The number of nitrogens with one attached hydrogen (secondary N) is 1. The van der Waals surface area contributed by atoms with Gasteiger partial charge in [0.2, 0.25) is 10.0 Å². The van der Waals surface area contributed by atoms with E-state index in [0.29, 0.717) is 17.9 Å². The van der Waals surface area contributed by atoms with Crippen LogP contribution in [-0.2, 0) is 21.2 Å². The molecule has 1 aliphatic heterocycles. The second kappa shape index (κ2) is 6.26. The molecule has 0 radical (unpaired) electrons. The Kier molecular flexibility index (Phi) is 4.29. The monoisotopic (exact) mass is 346 g/mol. The number of rotatable bonds is 4. The lowest BCUT2D eigenvalue weighted by Gasteiger charge is -2.14. The second-order valence-corrected chi connectivity index (χ2v) is 7.87.